The number of amides is 2. The van der Waals surface area contributed by atoms with Gasteiger partial charge in [0.05, 0.1) is 5.69 Å². The Morgan fingerprint density at radius 2 is 2.00 bits per heavy atom. The lowest BCUT2D eigenvalue weighted by Gasteiger charge is -2.37. The fourth-order valence-corrected chi connectivity index (χ4v) is 4.91. The van der Waals surface area contributed by atoms with Gasteiger partial charge in [-0.3, -0.25) is 4.90 Å². The average molecular weight is 468 g/mol. The Morgan fingerprint density at radius 3 is 2.65 bits per heavy atom. The maximum Gasteiger partial charge on any atom is 0.321 e. The summed E-state index contributed by atoms with van der Waals surface area (Å²) in [6.07, 6.45) is 6.71. The minimum absolute atomic E-state index is 0.216. The third-order valence-electron chi connectivity index (χ3n) is 7.62. The van der Waals surface area contributed by atoms with Gasteiger partial charge >= 0.3 is 6.03 Å². The number of piperidine rings is 1. The maximum absolute atomic E-state index is 14.9. The molecule has 8 heteroatoms. The van der Waals surface area contributed by atoms with Gasteiger partial charge in [0.25, 0.3) is 0 Å². The number of para-hydroxylation sites is 1. The van der Waals surface area contributed by atoms with Gasteiger partial charge in [0.2, 0.25) is 5.89 Å². The largest absolute Gasteiger partial charge is 0.339 e. The predicted molar refractivity (Wildman–Crippen MR) is 129 cm³/mol. The molecule has 0 unspecified atom stereocenters. The second-order valence-electron chi connectivity index (χ2n) is 10.4. The third-order valence-corrected chi connectivity index (χ3v) is 7.62. The molecule has 2 amide bonds. The van der Waals surface area contributed by atoms with Crippen molar-refractivity contribution in [2.24, 2.45) is 0 Å². The van der Waals surface area contributed by atoms with E-state index in [9.17, 15) is 9.18 Å². The van der Waals surface area contributed by atoms with Gasteiger partial charge in [0.1, 0.15) is 5.82 Å². The number of benzene rings is 1. The van der Waals surface area contributed by atoms with Gasteiger partial charge in [-0.2, -0.15) is 4.98 Å². The van der Waals surface area contributed by atoms with Crippen LogP contribution in [0.1, 0.15) is 76.1 Å². The topological polar surface area (TPSA) is 74.5 Å². The van der Waals surface area contributed by atoms with Crippen LogP contribution in [0.25, 0.3) is 5.57 Å². The number of nitrogens with zero attached hydrogens (tertiary/aromatic N) is 4. The van der Waals surface area contributed by atoms with Crippen LogP contribution in [0, 0.1) is 5.82 Å². The summed E-state index contributed by atoms with van der Waals surface area (Å²) in [5.74, 6) is 1.51. The predicted octanol–water partition coefficient (Wildman–Crippen LogP) is 5.17. The summed E-state index contributed by atoms with van der Waals surface area (Å²) in [7, 11) is 0. The molecule has 1 saturated heterocycles. The normalized spacial score (nSPS) is 21.0. The van der Waals surface area contributed by atoms with Crippen molar-refractivity contribution in [3.05, 3.63) is 47.4 Å². The summed E-state index contributed by atoms with van der Waals surface area (Å²) in [6.45, 7) is 9.38. The molecule has 5 rings (SSSR count). The molecule has 2 aliphatic heterocycles. The lowest BCUT2D eigenvalue weighted by Crippen LogP contribution is -2.46. The van der Waals surface area contributed by atoms with Gasteiger partial charge in [0.15, 0.2) is 5.82 Å². The second-order valence-corrected chi connectivity index (χ2v) is 10.4. The van der Waals surface area contributed by atoms with E-state index in [0.717, 1.165) is 68.0 Å². The van der Waals surface area contributed by atoms with Crippen molar-refractivity contribution in [1.82, 2.24) is 19.9 Å². The zero-order valence-corrected chi connectivity index (χ0v) is 20.3. The summed E-state index contributed by atoms with van der Waals surface area (Å²) in [5.41, 5.74) is 1.92. The monoisotopic (exact) mass is 467 g/mol. The van der Waals surface area contributed by atoms with Crippen molar-refractivity contribution in [3.63, 3.8) is 0 Å². The highest BCUT2D eigenvalue weighted by Gasteiger charge is 2.39. The Morgan fingerprint density at radius 1 is 1.24 bits per heavy atom. The molecule has 182 valence electrons. The molecule has 3 heterocycles. The number of rotatable bonds is 5. The maximum atomic E-state index is 14.9. The molecule has 3 aliphatic rings. The second kappa shape index (κ2) is 9.13. The Kier molecular flexibility index (Phi) is 6.18. The first kappa shape index (κ1) is 23.0. The zero-order chi connectivity index (χ0) is 23.9. The third kappa shape index (κ3) is 4.60. The number of hydrogen-bond acceptors (Lipinski definition) is 5. The average Bonchev–Trinajstić information content (AvgIpc) is 3.56. The Labute approximate surface area is 200 Å². The first-order valence-corrected chi connectivity index (χ1v) is 12.5. The van der Waals surface area contributed by atoms with E-state index in [1.165, 1.54) is 6.07 Å². The van der Waals surface area contributed by atoms with Gasteiger partial charge in [-0.05, 0) is 57.6 Å². The summed E-state index contributed by atoms with van der Waals surface area (Å²) in [5, 5.41) is 7.12. The highest BCUT2D eigenvalue weighted by molar-refractivity contribution is 5.93. The van der Waals surface area contributed by atoms with Crippen LogP contribution >= 0.6 is 0 Å². The zero-order valence-electron chi connectivity index (χ0n) is 20.3. The molecule has 1 aliphatic carbocycles. The molecule has 1 aromatic carbocycles. The summed E-state index contributed by atoms with van der Waals surface area (Å²) in [4.78, 5) is 21.9. The van der Waals surface area contributed by atoms with Crippen LogP contribution in [0.3, 0.4) is 0 Å². The SMILES string of the molecule is CC(C)N1CC=C(c2cccc(F)c2NC(=O)N2CCC(C)(c3noc(C4CC4)n3)CC2)CC1. The lowest BCUT2D eigenvalue weighted by atomic mass is 9.80. The van der Waals surface area contributed by atoms with E-state index in [0.29, 0.717) is 25.0 Å². The number of carbonyl (C=O) groups excluding carboxylic acids is 1. The van der Waals surface area contributed by atoms with E-state index in [-0.39, 0.29) is 17.1 Å². The lowest BCUT2D eigenvalue weighted by molar-refractivity contribution is 0.169. The molecule has 1 saturated carbocycles. The van der Waals surface area contributed by atoms with E-state index in [1.54, 1.807) is 11.0 Å². The van der Waals surface area contributed by atoms with Crippen molar-refractivity contribution in [2.75, 3.05) is 31.5 Å². The standard InChI is InChI=1S/C26H34FN5O2/c1-17(2)31-13-9-18(10-14-31)20-5-4-6-21(27)22(20)28-25(33)32-15-11-26(3,12-16-32)24-29-23(34-30-24)19-7-8-19/h4-6,9,17,19H,7-8,10-16H2,1-3H3,(H,28,33). The highest BCUT2D eigenvalue weighted by Crippen LogP contribution is 2.41. The smallest absolute Gasteiger partial charge is 0.321 e. The number of carbonyl (C=O) groups is 1. The van der Waals surface area contributed by atoms with E-state index in [2.05, 4.69) is 47.2 Å². The molecule has 0 spiro atoms. The van der Waals surface area contributed by atoms with Crippen LogP contribution < -0.4 is 5.32 Å². The van der Waals surface area contributed by atoms with Crippen LogP contribution in [0.4, 0.5) is 14.9 Å². The van der Waals surface area contributed by atoms with Crippen LogP contribution in [0.2, 0.25) is 0 Å². The summed E-state index contributed by atoms with van der Waals surface area (Å²) >= 11 is 0. The highest BCUT2D eigenvalue weighted by atomic mass is 19.1. The Bertz CT molecular complexity index is 1080. The fourth-order valence-electron chi connectivity index (χ4n) is 4.91. The fraction of sp³-hybridized carbons (Fsp3) is 0.577. The number of aromatic nitrogens is 2. The number of halogens is 1. The molecule has 1 N–H and O–H groups in total. The van der Waals surface area contributed by atoms with E-state index in [1.807, 2.05) is 6.07 Å². The summed E-state index contributed by atoms with van der Waals surface area (Å²) in [6, 6.07) is 5.23. The van der Waals surface area contributed by atoms with Crippen LogP contribution in [-0.4, -0.2) is 58.2 Å². The van der Waals surface area contributed by atoms with Gasteiger partial charge in [-0.15, -0.1) is 0 Å². The molecule has 0 atom stereocenters. The number of likely N-dealkylation sites (tertiary alicyclic amines) is 1. The quantitative estimate of drug-likeness (QED) is 0.657. The van der Waals surface area contributed by atoms with Crippen molar-refractivity contribution in [2.45, 2.75) is 70.3 Å². The van der Waals surface area contributed by atoms with Crippen molar-refractivity contribution in [3.8, 4) is 0 Å². The van der Waals surface area contributed by atoms with Crippen LogP contribution in [-0.2, 0) is 5.41 Å². The number of urea groups is 1. The van der Waals surface area contributed by atoms with Crippen molar-refractivity contribution >= 4 is 17.3 Å². The molecule has 2 fully saturated rings. The Hall–Kier alpha value is -2.74. The molecule has 7 nitrogen and oxygen atoms in total. The molecule has 1 aromatic heterocycles. The van der Waals surface area contributed by atoms with Gasteiger partial charge in [-0.25, -0.2) is 9.18 Å². The first-order valence-electron chi connectivity index (χ1n) is 12.5. The number of nitrogens with one attached hydrogen (secondary N) is 1. The molecule has 0 bridgehead atoms. The molecule has 2 aromatic rings. The molecule has 34 heavy (non-hydrogen) atoms. The molecular formula is C26H34FN5O2. The molecular weight excluding hydrogens is 433 g/mol. The minimum Gasteiger partial charge on any atom is -0.339 e. The van der Waals surface area contributed by atoms with Crippen LogP contribution in [0.15, 0.2) is 28.8 Å². The minimum atomic E-state index is -0.403. The Balaban J connectivity index is 1.25. The van der Waals surface area contributed by atoms with E-state index >= 15 is 0 Å². The van der Waals surface area contributed by atoms with Crippen molar-refractivity contribution in [1.29, 1.82) is 0 Å². The van der Waals surface area contributed by atoms with E-state index in [4.69, 9.17) is 4.52 Å². The molecule has 0 radical (unpaired) electrons. The number of hydrogen-bond donors (Lipinski definition) is 1. The number of anilines is 1. The first-order chi connectivity index (χ1) is 16.3. The van der Waals surface area contributed by atoms with Gasteiger partial charge < -0.3 is 14.7 Å². The summed E-state index contributed by atoms with van der Waals surface area (Å²) < 4.78 is 20.3. The van der Waals surface area contributed by atoms with Gasteiger partial charge in [0, 0.05) is 49.1 Å². The van der Waals surface area contributed by atoms with E-state index < -0.39 is 5.82 Å². The van der Waals surface area contributed by atoms with Crippen LogP contribution in [0.5, 0.6) is 0 Å². The van der Waals surface area contributed by atoms with Crippen molar-refractivity contribution < 1.29 is 13.7 Å². The van der Waals surface area contributed by atoms with Gasteiger partial charge in [-0.1, -0.05) is 30.3 Å².